The molecule has 11 nitrogen and oxygen atoms in total. The monoisotopic (exact) mass is 691 g/mol. The Kier molecular flexibility index (Phi) is 12.0. The molecule has 0 saturated heterocycles. The number of carbonyl (C=O) groups excluding carboxylic acids is 4. The molecule has 4 amide bonds. The fourth-order valence-electron chi connectivity index (χ4n) is 4.48. The standard InChI is InChI=1S/C35H35Cl2N5O6/c1-21-17-29(48-20-32(45)41(3)4)24-7-6-8-28(34(24)40-21)47-19-25-26(36)14-15-27(33(25)37)42(5)31(44)18-39-30(43)16-11-22-9-12-23(13-10-22)35(46)38-2/h6-17H,18-20H2,1-5H3,(H,38,46)(H,39,43). The van der Waals surface area contributed by atoms with Crippen molar-refractivity contribution in [2.45, 2.75) is 13.5 Å². The number of nitrogens with one attached hydrogen (secondary N) is 2. The Labute approximate surface area is 288 Å². The maximum absolute atomic E-state index is 13.0. The molecular weight excluding hydrogens is 657 g/mol. The van der Waals surface area contributed by atoms with Crippen LogP contribution in [-0.2, 0) is 21.0 Å². The van der Waals surface area contributed by atoms with Gasteiger partial charge >= 0.3 is 0 Å². The molecule has 0 spiro atoms. The van der Waals surface area contributed by atoms with E-state index in [4.69, 9.17) is 32.7 Å². The van der Waals surface area contributed by atoms with Gasteiger partial charge in [-0.2, -0.15) is 0 Å². The molecule has 4 aromatic rings. The first kappa shape index (κ1) is 35.7. The SMILES string of the molecule is CNC(=O)c1ccc(C=CC(=O)NCC(=O)N(C)c2ccc(Cl)c(COc3cccc4c(OCC(=O)N(C)C)cc(C)nc34)c2Cl)cc1. The number of carbonyl (C=O) groups is 4. The van der Waals surface area contributed by atoms with Crippen LogP contribution < -0.4 is 25.0 Å². The van der Waals surface area contributed by atoms with E-state index in [2.05, 4.69) is 15.6 Å². The van der Waals surface area contributed by atoms with Gasteiger partial charge < -0.3 is 29.9 Å². The van der Waals surface area contributed by atoms with Crippen molar-refractivity contribution < 1.29 is 28.7 Å². The molecule has 0 fully saturated rings. The number of amides is 4. The highest BCUT2D eigenvalue weighted by Crippen LogP contribution is 2.36. The molecule has 0 aliphatic heterocycles. The van der Waals surface area contributed by atoms with Gasteiger partial charge in [0.25, 0.3) is 11.8 Å². The maximum Gasteiger partial charge on any atom is 0.259 e. The summed E-state index contributed by atoms with van der Waals surface area (Å²) in [4.78, 5) is 56.6. The first-order valence-corrected chi connectivity index (χ1v) is 15.5. The fraction of sp³-hybridized carbons (Fsp3) is 0.229. The van der Waals surface area contributed by atoms with E-state index in [1.165, 1.54) is 22.9 Å². The molecule has 0 unspecified atom stereocenters. The van der Waals surface area contributed by atoms with Crippen molar-refractivity contribution >= 4 is 69.5 Å². The Bertz CT molecular complexity index is 1880. The summed E-state index contributed by atoms with van der Waals surface area (Å²) >= 11 is 13.3. The topological polar surface area (TPSA) is 130 Å². The number of aromatic nitrogens is 1. The number of rotatable bonds is 12. The van der Waals surface area contributed by atoms with Gasteiger partial charge in [-0.1, -0.05) is 41.4 Å². The Morgan fingerprint density at radius 2 is 1.65 bits per heavy atom. The number of anilines is 1. The summed E-state index contributed by atoms with van der Waals surface area (Å²) < 4.78 is 12.0. The van der Waals surface area contributed by atoms with Gasteiger partial charge in [0.15, 0.2) is 6.61 Å². The Morgan fingerprint density at radius 1 is 0.917 bits per heavy atom. The van der Waals surface area contributed by atoms with E-state index in [0.717, 1.165) is 0 Å². The van der Waals surface area contributed by atoms with Crippen LogP contribution >= 0.6 is 23.2 Å². The molecule has 0 saturated carbocycles. The molecule has 0 aliphatic rings. The highest BCUT2D eigenvalue weighted by Gasteiger charge is 2.20. The number of likely N-dealkylation sites (N-methyl/N-ethyl adjacent to an activating group) is 2. The van der Waals surface area contributed by atoms with Gasteiger partial charge in [-0.3, -0.25) is 19.2 Å². The maximum atomic E-state index is 13.0. The van der Waals surface area contributed by atoms with Crippen LogP contribution in [0.1, 0.15) is 27.2 Å². The van der Waals surface area contributed by atoms with Crippen LogP contribution in [0, 0.1) is 6.92 Å². The van der Waals surface area contributed by atoms with Crippen LogP contribution in [0.3, 0.4) is 0 Å². The molecule has 0 aliphatic carbocycles. The summed E-state index contributed by atoms with van der Waals surface area (Å²) in [6.07, 6.45) is 2.88. The van der Waals surface area contributed by atoms with Crippen molar-refractivity contribution in [2.24, 2.45) is 0 Å². The largest absolute Gasteiger partial charge is 0.487 e. The minimum atomic E-state index is -0.472. The lowest BCUT2D eigenvalue weighted by atomic mass is 10.1. The summed E-state index contributed by atoms with van der Waals surface area (Å²) in [6, 6.07) is 17.0. The number of para-hydroxylation sites is 1. The van der Waals surface area contributed by atoms with Gasteiger partial charge in [0.2, 0.25) is 11.8 Å². The van der Waals surface area contributed by atoms with E-state index in [9.17, 15) is 19.2 Å². The summed E-state index contributed by atoms with van der Waals surface area (Å²) in [7, 11) is 6.40. The Morgan fingerprint density at radius 3 is 2.33 bits per heavy atom. The molecule has 0 radical (unpaired) electrons. The summed E-state index contributed by atoms with van der Waals surface area (Å²) in [6.45, 7) is 1.36. The molecule has 48 heavy (non-hydrogen) atoms. The van der Waals surface area contributed by atoms with Crippen LogP contribution in [0.5, 0.6) is 11.5 Å². The number of hydrogen-bond acceptors (Lipinski definition) is 7. The average molecular weight is 693 g/mol. The third-order valence-corrected chi connectivity index (χ3v) is 8.03. The van der Waals surface area contributed by atoms with Crippen molar-refractivity contribution in [1.82, 2.24) is 20.5 Å². The third-order valence-electron chi connectivity index (χ3n) is 7.26. The number of benzene rings is 3. The first-order valence-electron chi connectivity index (χ1n) is 14.8. The summed E-state index contributed by atoms with van der Waals surface area (Å²) in [5.41, 5.74) is 3.23. The van der Waals surface area contributed by atoms with Crippen LogP contribution in [0.2, 0.25) is 10.0 Å². The molecule has 250 valence electrons. The van der Waals surface area contributed by atoms with E-state index in [1.54, 1.807) is 81.8 Å². The van der Waals surface area contributed by atoms with E-state index >= 15 is 0 Å². The molecule has 0 atom stereocenters. The molecule has 2 N–H and O–H groups in total. The fourth-order valence-corrected chi connectivity index (χ4v) is 5.09. The molecule has 13 heteroatoms. The molecule has 3 aromatic carbocycles. The van der Waals surface area contributed by atoms with E-state index in [1.807, 2.05) is 13.0 Å². The van der Waals surface area contributed by atoms with Gasteiger partial charge in [0.1, 0.15) is 23.6 Å². The van der Waals surface area contributed by atoms with Crippen molar-refractivity contribution in [2.75, 3.05) is 46.2 Å². The second-order valence-corrected chi connectivity index (χ2v) is 11.6. The zero-order chi connectivity index (χ0) is 35.0. The predicted molar refractivity (Wildman–Crippen MR) is 187 cm³/mol. The number of pyridine rings is 1. The van der Waals surface area contributed by atoms with E-state index in [0.29, 0.717) is 55.5 Å². The van der Waals surface area contributed by atoms with Crippen molar-refractivity contribution in [1.29, 1.82) is 0 Å². The van der Waals surface area contributed by atoms with Crippen LogP contribution in [0.15, 0.2) is 66.7 Å². The molecular formula is C35H35Cl2N5O6. The molecule has 1 heterocycles. The van der Waals surface area contributed by atoms with Gasteiger partial charge in [-0.15, -0.1) is 0 Å². The lowest BCUT2D eigenvalue weighted by molar-refractivity contribution is -0.130. The van der Waals surface area contributed by atoms with E-state index in [-0.39, 0.29) is 36.6 Å². The quantitative estimate of drug-likeness (QED) is 0.199. The second-order valence-electron chi connectivity index (χ2n) is 10.8. The lowest BCUT2D eigenvalue weighted by Gasteiger charge is -2.21. The van der Waals surface area contributed by atoms with Crippen LogP contribution in [0.25, 0.3) is 17.0 Å². The van der Waals surface area contributed by atoms with Crippen molar-refractivity contribution in [3.05, 3.63) is 99.2 Å². The normalized spacial score (nSPS) is 10.9. The second kappa shape index (κ2) is 16.1. The number of aryl methyl sites for hydroxylation is 1. The average Bonchev–Trinajstić information content (AvgIpc) is 3.07. The Hall–Kier alpha value is -5.13. The molecule has 1 aromatic heterocycles. The zero-order valence-electron chi connectivity index (χ0n) is 27.1. The van der Waals surface area contributed by atoms with Crippen molar-refractivity contribution in [3.63, 3.8) is 0 Å². The van der Waals surface area contributed by atoms with Crippen LogP contribution in [0.4, 0.5) is 5.69 Å². The minimum Gasteiger partial charge on any atom is -0.487 e. The Balaban J connectivity index is 1.43. The van der Waals surface area contributed by atoms with Gasteiger partial charge in [-0.05, 0) is 55.0 Å². The van der Waals surface area contributed by atoms with Crippen LogP contribution in [-0.4, -0.2) is 74.9 Å². The highest BCUT2D eigenvalue weighted by molar-refractivity contribution is 6.38. The van der Waals surface area contributed by atoms with E-state index < -0.39 is 11.8 Å². The molecule has 0 bridgehead atoms. The van der Waals surface area contributed by atoms with Gasteiger partial charge in [0, 0.05) is 67.6 Å². The smallest absolute Gasteiger partial charge is 0.259 e. The number of nitrogens with zero attached hydrogens (tertiary/aromatic N) is 3. The minimum absolute atomic E-state index is 0.0385. The lowest BCUT2D eigenvalue weighted by Crippen LogP contribution is -2.37. The molecule has 4 rings (SSSR count). The third kappa shape index (κ3) is 8.81. The van der Waals surface area contributed by atoms with Gasteiger partial charge in [0.05, 0.1) is 17.3 Å². The number of halogens is 2. The van der Waals surface area contributed by atoms with Crippen molar-refractivity contribution in [3.8, 4) is 11.5 Å². The number of fused-ring (bicyclic) bond motifs is 1. The number of ether oxygens (including phenoxy) is 2. The number of hydrogen-bond donors (Lipinski definition) is 2. The zero-order valence-corrected chi connectivity index (χ0v) is 28.6. The highest BCUT2D eigenvalue weighted by atomic mass is 35.5. The predicted octanol–water partition coefficient (Wildman–Crippen LogP) is 5.05. The summed E-state index contributed by atoms with van der Waals surface area (Å²) in [5, 5.41) is 6.32. The first-order chi connectivity index (χ1) is 22.9. The summed E-state index contributed by atoms with van der Waals surface area (Å²) in [5.74, 6) is -0.341. The van der Waals surface area contributed by atoms with Gasteiger partial charge in [-0.25, -0.2) is 4.98 Å².